The Labute approximate surface area is 164 Å². The van der Waals surface area contributed by atoms with Crippen LogP contribution < -0.4 is 20.5 Å². The average Bonchev–Trinajstić information content (AvgIpc) is 3.24. The first kappa shape index (κ1) is 19.9. The fourth-order valence-corrected chi connectivity index (χ4v) is 3.20. The van der Waals surface area contributed by atoms with Crippen LogP contribution in [-0.4, -0.2) is 67.8 Å². The summed E-state index contributed by atoms with van der Waals surface area (Å²) in [7, 11) is 4.94. The number of nitrogen functional groups attached to an aromatic ring is 1. The fourth-order valence-electron chi connectivity index (χ4n) is 3.20. The topological polar surface area (TPSA) is 112 Å². The third-order valence-corrected chi connectivity index (χ3v) is 4.77. The molecule has 0 radical (unpaired) electrons. The van der Waals surface area contributed by atoms with Crippen LogP contribution in [0.15, 0.2) is 12.1 Å². The number of anilines is 2. The van der Waals surface area contributed by atoms with E-state index in [9.17, 15) is 4.79 Å². The SMILES string of the molecule is COc1cc2nc(NCCCN(C)C(=O)C3CCCO3)nc(N)c2cc1OC. The second kappa shape index (κ2) is 8.92. The van der Waals surface area contributed by atoms with E-state index in [2.05, 4.69) is 15.3 Å². The van der Waals surface area contributed by atoms with Crippen molar-refractivity contribution in [2.45, 2.75) is 25.4 Å². The molecule has 0 aliphatic carbocycles. The van der Waals surface area contributed by atoms with Crippen molar-refractivity contribution in [2.24, 2.45) is 0 Å². The van der Waals surface area contributed by atoms with Crippen LogP contribution >= 0.6 is 0 Å². The molecule has 9 nitrogen and oxygen atoms in total. The van der Waals surface area contributed by atoms with E-state index in [4.69, 9.17) is 19.9 Å². The van der Waals surface area contributed by atoms with Gasteiger partial charge in [-0.25, -0.2) is 4.98 Å². The molecule has 0 spiro atoms. The van der Waals surface area contributed by atoms with Crippen LogP contribution in [0, 0.1) is 0 Å². The molecule has 3 rings (SSSR count). The largest absolute Gasteiger partial charge is 0.493 e. The first-order chi connectivity index (χ1) is 13.5. The summed E-state index contributed by atoms with van der Waals surface area (Å²) in [6.45, 7) is 1.91. The van der Waals surface area contributed by atoms with E-state index in [0.29, 0.717) is 53.9 Å². The Morgan fingerprint density at radius 3 is 2.75 bits per heavy atom. The molecule has 1 fully saturated rings. The number of aromatic nitrogens is 2. The molecule has 1 unspecified atom stereocenters. The maximum absolute atomic E-state index is 12.2. The molecule has 1 aliphatic rings. The number of ether oxygens (including phenoxy) is 3. The van der Waals surface area contributed by atoms with Crippen molar-refractivity contribution in [1.82, 2.24) is 14.9 Å². The fraction of sp³-hybridized carbons (Fsp3) is 0.526. The molecule has 1 amide bonds. The standard InChI is InChI=1S/C19H27N5O4/c1-24(18(25)14-6-4-9-28-14)8-5-7-21-19-22-13-11-16(27-3)15(26-2)10-12(13)17(20)23-19/h10-11,14H,4-9H2,1-3H3,(H3,20,21,22,23). The van der Waals surface area contributed by atoms with Gasteiger partial charge in [-0.2, -0.15) is 4.98 Å². The number of nitrogens with two attached hydrogens (primary N) is 1. The van der Waals surface area contributed by atoms with Crippen molar-refractivity contribution in [3.63, 3.8) is 0 Å². The Hall–Kier alpha value is -2.81. The van der Waals surface area contributed by atoms with Crippen molar-refractivity contribution in [1.29, 1.82) is 0 Å². The zero-order valence-corrected chi connectivity index (χ0v) is 16.5. The van der Waals surface area contributed by atoms with Crippen molar-refractivity contribution < 1.29 is 19.0 Å². The minimum atomic E-state index is -0.284. The number of carbonyl (C=O) groups excluding carboxylic acids is 1. The van der Waals surface area contributed by atoms with Crippen molar-refractivity contribution in [3.05, 3.63) is 12.1 Å². The van der Waals surface area contributed by atoms with Crippen LogP contribution in [0.25, 0.3) is 10.9 Å². The zero-order chi connectivity index (χ0) is 20.1. The van der Waals surface area contributed by atoms with E-state index in [1.54, 1.807) is 38.3 Å². The summed E-state index contributed by atoms with van der Waals surface area (Å²) in [4.78, 5) is 22.7. The lowest BCUT2D eigenvalue weighted by atomic mass is 10.2. The molecule has 1 saturated heterocycles. The lowest BCUT2D eigenvalue weighted by Crippen LogP contribution is -2.37. The maximum Gasteiger partial charge on any atom is 0.251 e. The third-order valence-electron chi connectivity index (χ3n) is 4.77. The Morgan fingerprint density at radius 1 is 1.32 bits per heavy atom. The predicted molar refractivity (Wildman–Crippen MR) is 107 cm³/mol. The lowest BCUT2D eigenvalue weighted by Gasteiger charge is -2.20. The normalized spacial score (nSPS) is 16.2. The van der Waals surface area contributed by atoms with Crippen molar-refractivity contribution in [2.75, 3.05) is 52.0 Å². The van der Waals surface area contributed by atoms with Gasteiger partial charge in [-0.05, 0) is 25.3 Å². The summed E-state index contributed by atoms with van der Waals surface area (Å²) in [5.41, 5.74) is 6.75. The molecular formula is C19H27N5O4. The van der Waals surface area contributed by atoms with Gasteiger partial charge in [0.25, 0.3) is 5.91 Å². The van der Waals surface area contributed by atoms with Crippen LogP contribution in [0.4, 0.5) is 11.8 Å². The van der Waals surface area contributed by atoms with Gasteiger partial charge in [0, 0.05) is 38.2 Å². The molecule has 1 atom stereocenters. The Bertz CT molecular complexity index is 839. The van der Waals surface area contributed by atoms with Crippen molar-refractivity contribution in [3.8, 4) is 11.5 Å². The zero-order valence-electron chi connectivity index (χ0n) is 16.5. The molecule has 1 aliphatic heterocycles. The average molecular weight is 389 g/mol. The van der Waals surface area contributed by atoms with Gasteiger partial charge in [0.1, 0.15) is 11.9 Å². The van der Waals surface area contributed by atoms with Gasteiger partial charge in [-0.3, -0.25) is 4.79 Å². The molecule has 2 aromatic rings. The smallest absolute Gasteiger partial charge is 0.251 e. The van der Waals surface area contributed by atoms with Crippen LogP contribution in [0.3, 0.4) is 0 Å². The number of fused-ring (bicyclic) bond motifs is 1. The van der Waals surface area contributed by atoms with E-state index in [1.165, 1.54) is 0 Å². The van der Waals surface area contributed by atoms with Gasteiger partial charge in [0.05, 0.1) is 19.7 Å². The summed E-state index contributed by atoms with van der Waals surface area (Å²) < 4.78 is 16.1. The summed E-state index contributed by atoms with van der Waals surface area (Å²) >= 11 is 0. The molecule has 1 aromatic carbocycles. The predicted octanol–water partition coefficient (Wildman–Crippen LogP) is 1.67. The van der Waals surface area contributed by atoms with Gasteiger partial charge in [0.15, 0.2) is 11.5 Å². The van der Waals surface area contributed by atoms with Gasteiger partial charge in [-0.15, -0.1) is 0 Å². The molecule has 0 saturated carbocycles. The molecule has 3 N–H and O–H groups in total. The number of benzene rings is 1. The Kier molecular flexibility index (Phi) is 6.35. The third kappa shape index (κ3) is 4.36. The van der Waals surface area contributed by atoms with E-state index in [-0.39, 0.29) is 12.0 Å². The highest BCUT2D eigenvalue weighted by Gasteiger charge is 2.26. The van der Waals surface area contributed by atoms with Gasteiger partial charge in [0.2, 0.25) is 5.95 Å². The highest BCUT2D eigenvalue weighted by Crippen LogP contribution is 2.33. The number of rotatable bonds is 8. The lowest BCUT2D eigenvalue weighted by molar-refractivity contribution is -0.139. The second-order valence-corrected chi connectivity index (χ2v) is 6.70. The quantitative estimate of drug-likeness (QED) is 0.656. The number of nitrogens with zero attached hydrogens (tertiary/aromatic N) is 3. The van der Waals surface area contributed by atoms with E-state index < -0.39 is 0 Å². The minimum absolute atomic E-state index is 0.0461. The molecule has 152 valence electrons. The molecule has 28 heavy (non-hydrogen) atoms. The minimum Gasteiger partial charge on any atom is -0.493 e. The molecule has 0 bridgehead atoms. The summed E-state index contributed by atoms with van der Waals surface area (Å²) in [6, 6.07) is 3.53. The van der Waals surface area contributed by atoms with Crippen LogP contribution in [0.5, 0.6) is 11.5 Å². The number of hydrogen-bond acceptors (Lipinski definition) is 8. The summed E-state index contributed by atoms with van der Waals surface area (Å²) in [5, 5.41) is 3.86. The van der Waals surface area contributed by atoms with E-state index in [0.717, 1.165) is 19.3 Å². The first-order valence-corrected chi connectivity index (χ1v) is 9.33. The van der Waals surface area contributed by atoms with Gasteiger partial charge < -0.3 is 30.2 Å². The molecule has 9 heteroatoms. The van der Waals surface area contributed by atoms with Crippen LogP contribution in [0.2, 0.25) is 0 Å². The van der Waals surface area contributed by atoms with E-state index in [1.807, 2.05) is 0 Å². The molecule has 1 aromatic heterocycles. The van der Waals surface area contributed by atoms with Crippen LogP contribution in [-0.2, 0) is 9.53 Å². The highest BCUT2D eigenvalue weighted by atomic mass is 16.5. The number of methoxy groups -OCH3 is 2. The second-order valence-electron chi connectivity index (χ2n) is 6.70. The molecule has 2 heterocycles. The molecular weight excluding hydrogens is 362 g/mol. The first-order valence-electron chi connectivity index (χ1n) is 9.33. The Balaban J connectivity index is 1.59. The number of hydrogen-bond donors (Lipinski definition) is 2. The number of likely N-dealkylation sites (N-methyl/N-ethyl adjacent to an activating group) is 1. The van der Waals surface area contributed by atoms with Crippen molar-refractivity contribution >= 4 is 28.6 Å². The Morgan fingerprint density at radius 2 is 2.07 bits per heavy atom. The maximum atomic E-state index is 12.2. The number of amides is 1. The summed E-state index contributed by atoms with van der Waals surface area (Å²) in [6.07, 6.45) is 2.22. The van der Waals surface area contributed by atoms with Gasteiger partial charge >= 0.3 is 0 Å². The van der Waals surface area contributed by atoms with E-state index >= 15 is 0 Å². The summed E-state index contributed by atoms with van der Waals surface area (Å²) in [5.74, 6) is 1.99. The van der Waals surface area contributed by atoms with Crippen LogP contribution in [0.1, 0.15) is 19.3 Å². The number of carbonyl (C=O) groups is 1. The monoisotopic (exact) mass is 389 g/mol. The highest BCUT2D eigenvalue weighted by molar-refractivity contribution is 5.91. The van der Waals surface area contributed by atoms with Gasteiger partial charge in [-0.1, -0.05) is 0 Å². The number of nitrogens with one attached hydrogen (secondary N) is 1.